The maximum Gasteiger partial charge on any atom is 0.261 e. The summed E-state index contributed by atoms with van der Waals surface area (Å²) in [7, 11) is 1.49. The highest BCUT2D eigenvalue weighted by molar-refractivity contribution is 9.10. The SMILES string of the molecule is COc1ccc(Br)cc1C(=O)NC(=S)Nc1ccccc1C(=O)NCC1CCCO1. The molecular formula is C21H22BrN3O4S. The Morgan fingerprint density at radius 1 is 1.20 bits per heavy atom. The Balaban J connectivity index is 1.64. The first kappa shape index (κ1) is 22.2. The summed E-state index contributed by atoms with van der Waals surface area (Å²) in [6.45, 7) is 1.19. The van der Waals surface area contributed by atoms with E-state index >= 15 is 0 Å². The first-order valence-corrected chi connectivity index (χ1v) is 10.6. The third-order valence-electron chi connectivity index (χ3n) is 4.57. The first-order chi connectivity index (χ1) is 14.5. The van der Waals surface area contributed by atoms with Crippen LogP contribution in [0.1, 0.15) is 33.6 Å². The van der Waals surface area contributed by atoms with E-state index in [0.717, 1.165) is 23.9 Å². The lowest BCUT2D eigenvalue weighted by molar-refractivity contribution is 0.0858. The fourth-order valence-electron chi connectivity index (χ4n) is 3.08. The lowest BCUT2D eigenvalue weighted by atomic mass is 10.1. The summed E-state index contributed by atoms with van der Waals surface area (Å²) in [5.41, 5.74) is 1.25. The number of halogens is 1. The number of hydrogen-bond acceptors (Lipinski definition) is 5. The van der Waals surface area contributed by atoms with Gasteiger partial charge in [0, 0.05) is 17.6 Å². The van der Waals surface area contributed by atoms with Crippen LogP contribution in [-0.2, 0) is 4.74 Å². The Bertz CT molecular complexity index is 948. The summed E-state index contributed by atoms with van der Waals surface area (Å²) >= 11 is 8.62. The van der Waals surface area contributed by atoms with Crippen LogP contribution in [0.4, 0.5) is 5.69 Å². The molecule has 3 rings (SSSR count). The van der Waals surface area contributed by atoms with Gasteiger partial charge in [-0.1, -0.05) is 28.1 Å². The number of hydrogen-bond donors (Lipinski definition) is 3. The number of rotatable bonds is 6. The summed E-state index contributed by atoms with van der Waals surface area (Å²) in [5.74, 6) is -0.241. The van der Waals surface area contributed by atoms with E-state index in [1.54, 1.807) is 42.5 Å². The highest BCUT2D eigenvalue weighted by Crippen LogP contribution is 2.23. The minimum atomic E-state index is -0.425. The fourth-order valence-corrected chi connectivity index (χ4v) is 3.64. The molecule has 1 unspecified atom stereocenters. The number of nitrogens with one attached hydrogen (secondary N) is 3. The van der Waals surface area contributed by atoms with E-state index in [4.69, 9.17) is 21.7 Å². The van der Waals surface area contributed by atoms with Crippen LogP contribution in [0.5, 0.6) is 5.75 Å². The molecule has 1 heterocycles. The van der Waals surface area contributed by atoms with Gasteiger partial charge >= 0.3 is 0 Å². The van der Waals surface area contributed by atoms with Crippen molar-refractivity contribution in [3.63, 3.8) is 0 Å². The Morgan fingerprint density at radius 2 is 2.00 bits per heavy atom. The maximum atomic E-state index is 12.6. The largest absolute Gasteiger partial charge is 0.496 e. The molecule has 2 aromatic rings. The molecule has 0 aliphatic carbocycles. The average molecular weight is 492 g/mol. The quantitative estimate of drug-likeness (QED) is 0.536. The van der Waals surface area contributed by atoms with E-state index in [1.165, 1.54) is 7.11 Å². The maximum absolute atomic E-state index is 12.6. The second-order valence-corrected chi connectivity index (χ2v) is 7.97. The van der Waals surface area contributed by atoms with Crippen LogP contribution in [0.25, 0.3) is 0 Å². The summed E-state index contributed by atoms with van der Waals surface area (Å²) < 4.78 is 11.5. The normalized spacial score (nSPS) is 15.3. The van der Waals surface area contributed by atoms with Gasteiger partial charge in [-0.2, -0.15) is 0 Å². The third-order valence-corrected chi connectivity index (χ3v) is 5.26. The number of carbonyl (C=O) groups excluding carboxylic acids is 2. The molecule has 2 amide bonds. The molecule has 7 nitrogen and oxygen atoms in total. The predicted octanol–water partition coefficient (Wildman–Crippen LogP) is 3.49. The summed E-state index contributed by atoms with van der Waals surface area (Å²) in [6, 6.07) is 12.1. The van der Waals surface area contributed by atoms with Gasteiger partial charge in [0.15, 0.2) is 5.11 Å². The molecule has 1 saturated heterocycles. The van der Waals surface area contributed by atoms with Crippen molar-refractivity contribution in [1.29, 1.82) is 0 Å². The van der Waals surface area contributed by atoms with E-state index in [1.807, 2.05) is 0 Å². The van der Waals surface area contributed by atoms with Gasteiger partial charge in [-0.3, -0.25) is 14.9 Å². The monoisotopic (exact) mass is 491 g/mol. The van der Waals surface area contributed by atoms with Crippen LogP contribution in [0.3, 0.4) is 0 Å². The van der Waals surface area contributed by atoms with Gasteiger partial charge in [0.05, 0.1) is 30.0 Å². The average Bonchev–Trinajstić information content (AvgIpc) is 3.26. The molecule has 1 aliphatic rings. The second-order valence-electron chi connectivity index (χ2n) is 6.64. The van der Waals surface area contributed by atoms with Crippen molar-refractivity contribution in [2.24, 2.45) is 0 Å². The Hall–Kier alpha value is -2.49. The van der Waals surface area contributed by atoms with Crippen LogP contribution in [0, 0.1) is 0 Å². The summed E-state index contributed by atoms with van der Waals surface area (Å²) in [4.78, 5) is 25.2. The van der Waals surface area contributed by atoms with Crippen molar-refractivity contribution in [2.75, 3.05) is 25.6 Å². The van der Waals surface area contributed by atoms with Crippen molar-refractivity contribution < 1.29 is 19.1 Å². The fraction of sp³-hybridized carbons (Fsp3) is 0.286. The van der Waals surface area contributed by atoms with Crippen molar-refractivity contribution in [3.8, 4) is 5.75 Å². The van der Waals surface area contributed by atoms with E-state index in [-0.39, 0.29) is 17.1 Å². The standard InChI is InChI=1S/C21H22BrN3O4S/c1-28-18-9-8-13(22)11-16(18)20(27)25-21(30)24-17-7-3-2-6-15(17)19(26)23-12-14-5-4-10-29-14/h2-3,6-9,11,14H,4-5,10,12H2,1H3,(H,23,26)(H2,24,25,27,30). The number of benzene rings is 2. The first-order valence-electron chi connectivity index (χ1n) is 9.42. The summed E-state index contributed by atoms with van der Waals surface area (Å²) in [6.07, 6.45) is 2.00. The number of thiocarbonyl (C=S) groups is 1. The number of methoxy groups -OCH3 is 1. The number of anilines is 1. The number of para-hydroxylation sites is 1. The van der Waals surface area contributed by atoms with Crippen LogP contribution in [0.2, 0.25) is 0 Å². The zero-order valence-electron chi connectivity index (χ0n) is 16.4. The molecule has 0 aromatic heterocycles. The van der Waals surface area contributed by atoms with Gasteiger partial charge in [0.25, 0.3) is 11.8 Å². The van der Waals surface area contributed by atoms with Gasteiger partial charge in [-0.25, -0.2) is 0 Å². The molecule has 9 heteroatoms. The molecular weight excluding hydrogens is 470 g/mol. The lowest BCUT2D eigenvalue weighted by Gasteiger charge is -2.15. The van der Waals surface area contributed by atoms with E-state index in [9.17, 15) is 9.59 Å². The van der Waals surface area contributed by atoms with Crippen LogP contribution < -0.4 is 20.7 Å². The Morgan fingerprint density at radius 3 is 2.73 bits per heavy atom. The molecule has 2 aromatic carbocycles. The molecule has 0 radical (unpaired) electrons. The van der Waals surface area contributed by atoms with Crippen molar-refractivity contribution in [2.45, 2.75) is 18.9 Å². The summed E-state index contributed by atoms with van der Waals surface area (Å²) in [5, 5.41) is 8.50. The second kappa shape index (κ2) is 10.5. The predicted molar refractivity (Wildman–Crippen MR) is 122 cm³/mol. The van der Waals surface area contributed by atoms with Gasteiger partial charge in [0.2, 0.25) is 0 Å². The minimum Gasteiger partial charge on any atom is -0.496 e. The Labute approximate surface area is 188 Å². The third kappa shape index (κ3) is 5.78. The van der Waals surface area contributed by atoms with Crippen molar-refractivity contribution in [1.82, 2.24) is 10.6 Å². The minimum absolute atomic E-state index is 0.0506. The van der Waals surface area contributed by atoms with Crippen molar-refractivity contribution >= 4 is 50.8 Å². The van der Waals surface area contributed by atoms with Gasteiger partial charge in [-0.05, 0) is 55.4 Å². The highest BCUT2D eigenvalue weighted by atomic mass is 79.9. The molecule has 1 atom stereocenters. The smallest absolute Gasteiger partial charge is 0.261 e. The topological polar surface area (TPSA) is 88.7 Å². The molecule has 0 saturated carbocycles. The van der Waals surface area contributed by atoms with E-state index < -0.39 is 5.91 Å². The number of carbonyl (C=O) groups is 2. The lowest BCUT2D eigenvalue weighted by Crippen LogP contribution is -2.36. The highest BCUT2D eigenvalue weighted by Gasteiger charge is 2.19. The number of ether oxygens (including phenoxy) is 2. The molecule has 158 valence electrons. The van der Waals surface area contributed by atoms with Crippen LogP contribution >= 0.6 is 28.1 Å². The van der Waals surface area contributed by atoms with Crippen LogP contribution in [-0.4, -0.2) is 43.3 Å². The zero-order valence-corrected chi connectivity index (χ0v) is 18.8. The molecule has 0 bridgehead atoms. The van der Waals surface area contributed by atoms with Gasteiger partial charge < -0.3 is 20.1 Å². The molecule has 0 spiro atoms. The van der Waals surface area contributed by atoms with Gasteiger partial charge in [0.1, 0.15) is 5.75 Å². The molecule has 3 N–H and O–H groups in total. The van der Waals surface area contributed by atoms with E-state index in [2.05, 4.69) is 31.9 Å². The Kier molecular flexibility index (Phi) is 7.78. The van der Waals surface area contributed by atoms with Gasteiger partial charge in [-0.15, -0.1) is 0 Å². The number of amides is 2. The molecule has 1 fully saturated rings. The van der Waals surface area contributed by atoms with Crippen molar-refractivity contribution in [3.05, 3.63) is 58.1 Å². The van der Waals surface area contributed by atoms with E-state index in [0.29, 0.717) is 29.1 Å². The molecule has 1 aliphatic heterocycles. The molecule has 30 heavy (non-hydrogen) atoms. The van der Waals surface area contributed by atoms with Crippen LogP contribution in [0.15, 0.2) is 46.9 Å². The zero-order chi connectivity index (χ0) is 21.5.